The lowest BCUT2D eigenvalue weighted by Gasteiger charge is -2.18. The number of benzene rings is 1. The topological polar surface area (TPSA) is 32.3 Å². The van der Waals surface area contributed by atoms with Gasteiger partial charge in [0.2, 0.25) is 0 Å². The van der Waals surface area contributed by atoms with Crippen molar-refractivity contribution in [2.45, 2.75) is 24.7 Å². The Labute approximate surface area is 133 Å². The first-order valence-electron chi connectivity index (χ1n) is 6.92. The fraction of sp³-hybridized carbons (Fsp3) is 0.375. The number of thiophene rings is 1. The Hall–Kier alpha value is -0.840. The molecule has 0 fully saturated rings. The second-order valence-corrected chi connectivity index (χ2v) is 6.55. The SMILES string of the molecule is Br.Oc1cc2c3c(c1)C(c1cccs1)CNCC3CC2. The summed E-state index contributed by atoms with van der Waals surface area (Å²) in [4.78, 5) is 1.40. The molecule has 0 bridgehead atoms. The summed E-state index contributed by atoms with van der Waals surface area (Å²) in [5.41, 5.74) is 4.23. The third-order valence-corrected chi connectivity index (χ3v) is 5.44. The van der Waals surface area contributed by atoms with E-state index in [1.165, 1.54) is 28.0 Å². The molecule has 0 saturated carbocycles. The van der Waals surface area contributed by atoms with E-state index in [9.17, 15) is 5.11 Å². The number of halogens is 1. The van der Waals surface area contributed by atoms with E-state index in [0.717, 1.165) is 19.5 Å². The highest BCUT2D eigenvalue weighted by molar-refractivity contribution is 8.93. The molecule has 1 aromatic carbocycles. The number of rotatable bonds is 1. The fourth-order valence-electron chi connectivity index (χ4n) is 3.65. The van der Waals surface area contributed by atoms with Gasteiger partial charge >= 0.3 is 0 Å². The van der Waals surface area contributed by atoms with Crippen LogP contribution in [0, 0.1) is 0 Å². The third-order valence-electron chi connectivity index (χ3n) is 4.45. The predicted molar refractivity (Wildman–Crippen MR) is 88.5 cm³/mol. The minimum Gasteiger partial charge on any atom is -0.508 e. The second kappa shape index (κ2) is 5.51. The Kier molecular flexibility index (Phi) is 3.89. The Morgan fingerprint density at radius 2 is 2.15 bits per heavy atom. The molecule has 4 rings (SSSR count). The highest BCUT2D eigenvalue weighted by Gasteiger charge is 2.32. The normalized spacial score (nSPS) is 23.8. The van der Waals surface area contributed by atoms with Gasteiger partial charge in [-0.05, 0) is 59.0 Å². The Balaban J connectivity index is 0.00000121. The smallest absolute Gasteiger partial charge is 0.116 e. The van der Waals surface area contributed by atoms with Gasteiger partial charge in [0, 0.05) is 23.9 Å². The van der Waals surface area contributed by atoms with Gasteiger partial charge in [-0.3, -0.25) is 0 Å². The van der Waals surface area contributed by atoms with Gasteiger partial charge in [0.1, 0.15) is 5.75 Å². The van der Waals surface area contributed by atoms with Gasteiger partial charge in [-0.1, -0.05) is 6.07 Å². The Bertz CT molecular complexity index is 611. The summed E-state index contributed by atoms with van der Waals surface area (Å²) in [6.07, 6.45) is 2.33. The Morgan fingerprint density at radius 3 is 2.95 bits per heavy atom. The van der Waals surface area contributed by atoms with E-state index in [-0.39, 0.29) is 17.0 Å². The molecule has 2 nitrogen and oxygen atoms in total. The summed E-state index contributed by atoms with van der Waals surface area (Å²) in [7, 11) is 0. The molecule has 2 aliphatic rings. The van der Waals surface area contributed by atoms with Crippen LogP contribution in [0.2, 0.25) is 0 Å². The van der Waals surface area contributed by atoms with Crippen molar-refractivity contribution in [3.63, 3.8) is 0 Å². The second-order valence-electron chi connectivity index (χ2n) is 5.57. The quantitative estimate of drug-likeness (QED) is 0.818. The molecule has 2 atom stereocenters. The van der Waals surface area contributed by atoms with Crippen LogP contribution in [0.3, 0.4) is 0 Å². The number of hydrogen-bond acceptors (Lipinski definition) is 3. The van der Waals surface area contributed by atoms with Crippen LogP contribution in [-0.4, -0.2) is 18.2 Å². The lowest BCUT2D eigenvalue weighted by molar-refractivity contribution is 0.473. The van der Waals surface area contributed by atoms with E-state index in [1.807, 2.05) is 23.5 Å². The zero-order valence-electron chi connectivity index (χ0n) is 11.1. The monoisotopic (exact) mass is 351 g/mol. The fourth-order valence-corrected chi connectivity index (χ4v) is 4.49. The summed E-state index contributed by atoms with van der Waals surface area (Å²) in [6, 6.07) is 8.29. The first kappa shape index (κ1) is 14.1. The van der Waals surface area contributed by atoms with Crippen LogP contribution in [0.15, 0.2) is 29.6 Å². The van der Waals surface area contributed by atoms with E-state index >= 15 is 0 Å². The van der Waals surface area contributed by atoms with E-state index in [1.54, 1.807) is 0 Å². The van der Waals surface area contributed by atoms with Crippen molar-refractivity contribution in [2.24, 2.45) is 0 Å². The number of phenolic OH excluding ortho intramolecular Hbond substituents is 1. The van der Waals surface area contributed by atoms with Gasteiger partial charge < -0.3 is 10.4 Å². The molecule has 2 N–H and O–H groups in total. The Morgan fingerprint density at radius 1 is 1.25 bits per heavy atom. The van der Waals surface area contributed by atoms with Gasteiger partial charge in [-0.15, -0.1) is 28.3 Å². The number of hydrogen-bond donors (Lipinski definition) is 2. The highest BCUT2D eigenvalue weighted by Crippen LogP contribution is 2.44. The molecule has 2 heterocycles. The molecule has 2 aromatic rings. The standard InChI is InChI=1S/C16H17NOS.BrH/c18-12-6-10-3-4-11-8-17-9-14(13(7-12)16(10)11)15-2-1-5-19-15;/h1-2,5-7,11,14,17-18H,3-4,8-9H2;1H. The van der Waals surface area contributed by atoms with Gasteiger partial charge in [-0.25, -0.2) is 0 Å². The van der Waals surface area contributed by atoms with Gasteiger partial charge in [-0.2, -0.15) is 0 Å². The van der Waals surface area contributed by atoms with Crippen LogP contribution >= 0.6 is 28.3 Å². The molecular weight excluding hydrogens is 334 g/mol. The molecule has 0 saturated heterocycles. The van der Waals surface area contributed by atoms with Crippen molar-refractivity contribution in [2.75, 3.05) is 13.1 Å². The summed E-state index contributed by atoms with van der Waals surface area (Å²) in [5.74, 6) is 1.46. The lowest BCUT2D eigenvalue weighted by Crippen LogP contribution is -2.22. The summed E-state index contributed by atoms with van der Waals surface area (Å²) in [6.45, 7) is 2.06. The van der Waals surface area contributed by atoms with E-state index < -0.39 is 0 Å². The van der Waals surface area contributed by atoms with Crippen LogP contribution in [0.5, 0.6) is 5.75 Å². The third kappa shape index (κ3) is 2.20. The van der Waals surface area contributed by atoms with Crippen molar-refractivity contribution >= 4 is 28.3 Å². The summed E-state index contributed by atoms with van der Waals surface area (Å²) in [5, 5.41) is 15.8. The lowest BCUT2D eigenvalue weighted by atomic mass is 9.88. The van der Waals surface area contributed by atoms with Crippen LogP contribution < -0.4 is 5.32 Å². The highest BCUT2D eigenvalue weighted by atomic mass is 79.9. The zero-order valence-corrected chi connectivity index (χ0v) is 13.7. The van der Waals surface area contributed by atoms with Crippen LogP contribution in [0.25, 0.3) is 0 Å². The van der Waals surface area contributed by atoms with Gasteiger partial charge in [0.25, 0.3) is 0 Å². The molecule has 106 valence electrons. The molecular formula is C16H18BrNOS. The molecule has 20 heavy (non-hydrogen) atoms. The van der Waals surface area contributed by atoms with Gasteiger partial charge in [0.05, 0.1) is 0 Å². The molecule has 0 amide bonds. The van der Waals surface area contributed by atoms with Crippen molar-refractivity contribution < 1.29 is 5.11 Å². The first-order valence-corrected chi connectivity index (χ1v) is 7.80. The maximum absolute atomic E-state index is 10.0. The molecule has 2 unspecified atom stereocenters. The minimum absolute atomic E-state index is 0. The number of nitrogens with one attached hydrogen (secondary N) is 1. The van der Waals surface area contributed by atoms with Crippen molar-refractivity contribution in [3.05, 3.63) is 51.2 Å². The number of aromatic hydroxyl groups is 1. The minimum atomic E-state index is 0. The van der Waals surface area contributed by atoms with Crippen molar-refractivity contribution in [1.82, 2.24) is 5.32 Å². The summed E-state index contributed by atoms with van der Waals surface area (Å²) < 4.78 is 0. The molecule has 1 aliphatic heterocycles. The van der Waals surface area contributed by atoms with E-state index in [4.69, 9.17) is 0 Å². The molecule has 0 radical (unpaired) electrons. The van der Waals surface area contributed by atoms with Crippen LogP contribution in [-0.2, 0) is 6.42 Å². The maximum Gasteiger partial charge on any atom is 0.116 e. The molecule has 1 aromatic heterocycles. The predicted octanol–water partition coefficient (Wildman–Crippen LogP) is 3.80. The number of phenols is 1. The van der Waals surface area contributed by atoms with Crippen LogP contribution in [0.1, 0.15) is 39.8 Å². The summed E-state index contributed by atoms with van der Waals surface area (Å²) >= 11 is 1.81. The molecule has 1 aliphatic carbocycles. The first-order chi connectivity index (χ1) is 9.33. The van der Waals surface area contributed by atoms with Crippen molar-refractivity contribution in [1.29, 1.82) is 0 Å². The molecule has 4 heteroatoms. The average molecular weight is 352 g/mol. The average Bonchev–Trinajstić information content (AvgIpc) is 3.00. The van der Waals surface area contributed by atoms with E-state index in [0.29, 0.717) is 17.6 Å². The van der Waals surface area contributed by atoms with Crippen molar-refractivity contribution in [3.8, 4) is 5.75 Å². The number of aryl methyl sites for hydroxylation is 1. The largest absolute Gasteiger partial charge is 0.508 e. The van der Waals surface area contributed by atoms with E-state index in [2.05, 4.69) is 22.8 Å². The van der Waals surface area contributed by atoms with Gasteiger partial charge in [0.15, 0.2) is 0 Å². The van der Waals surface area contributed by atoms with Crippen LogP contribution in [0.4, 0.5) is 0 Å². The molecule has 0 spiro atoms. The maximum atomic E-state index is 10.0. The zero-order chi connectivity index (χ0) is 12.8.